The molecule has 1 heterocycles. The topological polar surface area (TPSA) is 83.7 Å². The van der Waals surface area contributed by atoms with E-state index < -0.39 is 16.9 Å². The Balaban J connectivity index is 2.39. The summed E-state index contributed by atoms with van der Waals surface area (Å²) in [5.74, 6) is -0.930. The van der Waals surface area contributed by atoms with E-state index in [0.717, 1.165) is 6.42 Å². The fraction of sp³-hybridized carbons (Fsp3) is 0.364. The first-order valence-corrected chi connectivity index (χ1v) is 5.34. The van der Waals surface area contributed by atoms with Gasteiger partial charge in [0.2, 0.25) is 0 Å². The Kier molecular flexibility index (Phi) is 2.95. The van der Waals surface area contributed by atoms with Crippen LogP contribution in [-0.2, 0) is 4.79 Å². The van der Waals surface area contributed by atoms with E-state index in [1.807, 2.05) is 0 Å². The van der Waals surface area contributed by atoms with Crippen molar-refractivity contribution in [3.05, 3.63) is 34.4 Å². The molecule has 1 aliphatic heterocycles. The number of para-hydroxylation sites is 2. The molecule has 0 unspecified atom stereocenters. The number of carbonyl (C=O) groups is 1. The number of nitro benzene ring substituents is 1. The molecule has 6 heteroatoms. The summed E-state index contributed by atoms with van der Waals surface area (Å²) in [6, 6.07) is 5.59. The van der Waals surface area contributed by atoms with Crippen LogP contribution in [0.2, 0.25) is 0 Å². The smallest absolute Gasteiger partial charge is 0.326 e. The first-order valence-electron chi connectivity index (χ1n) is 5.34. The first-order chi connectivity index (χ1) is 8.11. The Hall–Kier alpha value is -2.11. The van der Waals surface area contributed by atoms with Gasteiger partial charge in [-0.05, 0) is 18.9 Å². The fourth-order valence-electron chi connectivity index (χ4n) is 2.17. The van der Waals surface area contributed by atoms with Crippen molar-refractivity contribution in [1.82, 2.24) is 0 Å². The summed E-state index contributed by atoms with van der Waals surface area (Å²) in [6.07, 6.45) is 1.27. The summed E-state index contributed by atoms with van der Waals surface area (Å²) in [5.41, 5.74) is 0.350. The van der Waals surface area contributed by atoms with E-state index >= 15 is 0 Å². The third-order valence-electron chi connectivity index (χ3n) is 2.93. The van der Waals surface area contributed by atoms with Gasteiger partial charge in [0.1, 0.15) is 11.7 Å². The molecular formula is C11H12N2O4. The highest BCUT2D eigenvalue weighted by atomic mass is 16.6. The third-order valence-corrected chi connectivity index (χ3v) is 2.93. The predicted octanol–water partition coefficient (Wildman–Crippen LogP) is 1.65. The van der Waals surface area contributed by atoms with E-state index in [4.69, 9.17) is 5.11 Å². The van der Waals surface area contributed by atoms with Crippen molar-refractivity contribution in [2.75, 3.05) is 11.4 Å². The van der Waals surface area contributed by atoms with E-state index in [1.165, 1.54) is 6.07 Å². The van der Waals surface area contributed by atoms with Crippen molar-refractivity contribution in [3.8, 4) is 0 Å². The maximum absolute atomic E-state index is 11.1. The number of nitro groups is 1. The minimum Gasteiger partial charge on any atom is -0.480 e. The molecule has 1 aromatic carbocycles. The molecular weight excluding hydrogens is 224 g/mol. The van der Waals surface area contributed by atoms with Gasteiger partial charge in [-0.3, -0.25) is 10.1 Å². The van der Waals surface area contributed by atoms with Crippen molar-refractivity contribution in [3.63, 3.8) is 0 Å². The number of nitrogens with zero attached hydrogens (tertiary/aromatic N) is 2. The van der Waals surface area contributed by atoms with Crippen LogP contribution in [0.25, 0.3) is 0 Å². The summed E-state index contributed by atoms with van der Waals surface area (Å²) in [5, 5.41) is 19.9. The number of anilines is 1. The standard InChI is InChI=1S/C11H12N2O4/c14-11(15)10-6-3-7-12(10)8-4-1-2-5-9(8)13(16)17/h1-2,4-5,10H,3,6-7H2,(H,14,15)/t10-/m0/s1. The summed E-state index contributed by atoms with van der Waals surface area (Å²) >= 11 is 0. The van der Waals surface area contributed by atoms with Crippen molar-refractivity contribution >= 4 is 17.3 Å². The van der Waals surface area contributed by atoms with E-state index in [-0.39, 0.29) is 5.69 Å². The molecule has 2 rings (SSSR count). The zero-order valence-corrected chi connectivity index (χ0v) is 9.07. The van der Waals surface area contributed by atoms with Crippen LogP contribution in [0.1, 0.15) is 12.8 Å². The lowest BCUT2D eigenvalue weighted by atomic mass is 10.2. The third kappa shape index (κ3) is 2.06. The second-order valence-electron chi connectivity index (χ2n) is 3.94. The van der Waals surface area contributed by atoms with Gasteiger partial charge in [-0.1, -0.05) is 12.1 Å². The molecule has 1 aromatic rings. The van der Waals surface area contributed by atoms with Crippen molar-refractivity contribution in [2.45, 2.75) is 18.9 Å². The van der Waals surface area contributed by atoms with Crippen LogP contribution in [0.15, 0.2) is 24.3 Å². The maximum atomic E-state index is 11.1. The van der Waals surface area contributed by atoms with Gasteiger partial charge in [0.15, 0.2) is 0 Å². The Morgan fingerprint density at radius 2 is 2.18 bits per heavy atom. The molecule has 1 fully saturated rings. The normalized spacial score (nSPS) is 19.3. The second-order valence-corrected chi connectivity index (χ2v) is 3.94. The molecule has 0 amide bonds. The van der Waals surface area contributed by atoms with E-state index in [2.05, 4.69) is 0 Å². The lowest BCUT2D eigenvalue weighted by Gasteiger charge is -2.23. The van der Waals surface area contributed by atoms with Crippen LogP contribution in [0.4, 0.5) is 11.4 Å². The van der Waals surface area contributed by atoms with Gasteiger partial charge in [-0.25, -0.2) is 4.79 Å². The van der Waals surface area contributed by atoms with Crippen molar-refractivity contribution < 1.29 is 14.8 Å². The molecule has 17 heavy (non-hydrogen) atoms. The lowest BCUT2D eigenvalue weighted by Crippen LogP contribution is -2.36. The number of benzene rings is 1. The van der Waals surface area contributed by atoms with Gasteiger partial charge in [-0.15, -0.1) is 0 Å². The van der Waals surface area contributed by atoms with Crippen LogP contribution >= 0.6 is 0 Å². The minimum atomic E-state index is -0.930. The quantitative estimate of drug-likeness (QED) is 0.637. The summed E-state index contributed by atoms with van der Waals surface area (Å²) in [6.45, 7) is 0.543. The van der Waals surface area contributed by atoms with E-state index in [9.17, 15) is 14.9 Å². The second kappa shape index (κ2) is 4.40. The van der Waals surface area contributed by atoms with Gasteiger partial charge in [0, 0.05) is 12.6 Å². The molecule has 0 aliphatic carbocycles. The Labute approximate surface area is 97.6 Å². The molecule has 0 spiro atoms. The lowest BCUT2D eigenvalue weighted by molar-refractivity contribution is -0.384. The van der Waals surface area contributed by atoms with Crippen LogP contribution in [0.5, 0.6) is 0 Å². The zero-order chi connectivity index (χ0) is 12.4. The molecule has 1 saturated heterocycles. The molecule has 1 N–H and O–H groups in total. The molecule has 0 radical (unpaired) electrons. The summed E-state index contributed by atoms with van der Waals surface area (Å²) < 4.78 is 0. The highest BCUT2D eigenvalue weighted by Crippen LogP contribution is 2.33. The number of rotatable bonds is 3. The highest BCUT2D eigenvalue weighted by molar-refractivity contribution is 5.80. The minimum absolute atomic E-state index is 0.0411. The molecule has 1 atom stereocenters. The molecule has 0 bridgehead atoms. The first kappa shape index (κ1) is 11.4. The van der Waals surface area contributed by atoms with Gasteiger partial charge >= 0.3 is 5.97 Å². The predicted molar refractivity (Wildman–Crippen MR) is 61.1 cm³/mol. The average Bonchev–Trinajstić information content (AvgIpc) is 2.77. The number of aliphatic carboxylic acids is 1. The molecule has 0 saturated carbocycles. The van der Waals surface area contributed by atoms with Gasteiger partial charge < -0.3 is 10.0 Å². The molecule has 90 valence electrons. The monoisotopic (exact) mass is 236 g/mol. The summed E-state index contributed by atoms with van der Waals surface area (Å²) in [7, 11) is 0. The maximum Gasteiger partial charge on any atom is 0.326 e. The van der Waals surface area contributed by atoms with Crippen LogP contribution < -0.4 is 4.90 Å². The number of carboxylic acid groups (broad SMARTS) is 1. The highest BCUT2D eigenvalue weighted by Gasteiger charge is 2.33. The van der Waals surface area contributed by atoms with Crippen molar-refractivity contribution in [2.24, 2.45) is 0 Å². The van der Waals surface area contributed by atoms with E-state index in [0.29, 0.717) is 18.7 Å². The molecule has 0 aromatic heterocycles. The molecule has 1 aliphatic rings. The Bertz CT molecular complexity index is 461. The Morgan fingerprint density at radius 1 is 1.47 bits per heavy atom. The zero-order valence-electron chi connectivity index (χ0n) is 9.07. The van der Waals surface area contributed by atoms with Gasteiger partial charge in [0.05, 0.1) is 4.92 Å². The van der Waals surface area contributed by atoms with Gasteiger partial charge in [0.25, 0.3) is 5.69 Å². The Morgan fingerprint density at radius 3 is 2.82 bits per heavy atom. The SMILES string of the molecule is O=C(O)[C@@H]1CCCN1c1ccccc1[N+](=O)[O-]. The number of hydrogen-bond acceptors (Lipinski definition) is 4. The van der Waals surface area contributed by atoms with Gasteiger partial charge in [-0.2, -0.15) is 0 Å². The van der Waals surface area contributed by atoms with Crippen molar-refractivity contribution in [1.29, 1.82) is 0 Å². The van der Waals surface area contributed by atoms with Crippen LogP contribution in [-0.4, -0.2) is 28.6 Å². The summed E-state index contributed by atoms with van der Waals surface area (Å²) in [4.78, 5) is 23.1. The fourth-order valence-corrected chi connectivity index (χ4v) is 2.17. The van der Waals surface area contributed by atoms with E-state index in [1.54, 1.807) is 23.1 Å². The number of hydrogen-bond donors (Lipinski definition) is 1. The largest absolute Gasteiger partial charge is 0.480 e. The van der Waals surface area contributed by atoms with Crippen LogP contribution in [0.3, 0.4) is 0 Å². The average molecular weight is 236 g/mol. The number of carboxylic acids is 1. The molecule has 6 nitrogen and oxygen atoms in total. The van der Waals surface area contributed by atoms with Crippen LogP contribution in [0, 0.1) is 10.1 Å².